The molecule has 1 aliphatic carbocycles. The third-order valence-corrected chi connectivity index (χ3v) is 9.20. The highest BCUT2D eigenvalue weighted by Gasteiger charge is 2.54. The fourth-order valence-electron chi connectivity index (χ4n) is 6.17. The van der Waals surface area contributed by atoms with E-state index in [4.69, 9.17) is 62.5 Å². The van der Waals surface area contributed by atoms with E-state index in [0.29, 0.717) is 0 Å². The molecule has 4 rings (SSSR count). The number of amides is 1. The molecule has 3 saturated heterocycles. The van der Waals surface area contributed by atoms with Crippen LogP contribution in [0.3, 0.4) is 0 Å². The summed E-state index contributed by atoms with van der Waals surface area (Å²) in [7, 11) is 0. The summed E-state index contributed by atoms with van der Waals surface area (Å²) < 4.78 is 34.9. The van der Waals surface area contributed by atoms with Crippen molar-refractivity contribution in [3.8, 4) is 0 Å². The summed E-state index contributed by atoms with van der Waals surface area (Å²) >= 11 is 0. The van der Waals surface area contributed by atoms with Gasteiger partial charge in [-0.05, 0) is 0 Å². The zero-order chi connectivity index (χ0) is 36.3. The van der Waals surface area contributed by atoms with Gasteiger partial charge in [-0.1, -0.05) is 0 Å². The number of carbonyl (C=O) groups excluding carboxylic acids is 1. The van der Waals surface area contributed by atoms with E-state index in [1.165, 1.54) is 0 Å². The van der Waals surface area contributed by atoms with Gasteiger partial charge in [0.25, 0.3) is 5.91 Å². The maximum absolute atomic E-state index is 12.7. The molecule has 49 heavy (non-hydrogen) atoms. The number of carbonyl (C=O) groups is 1. The lowest BCUT2D eigenvalue weighted by molar-refractivity contribution is -0.282. The van der Waals surface area contributed by atoms with Gasteiger partial charge in [0.1, 0.15) is 61.0 Å². The quantitative estimate of drug-likeness (QED) is 0.0842. The SMILES string of the molecule is N=C1C[C@@H](NC(=O)[C@@H](O)[C@H](O)CN)[C@H](O)[C@@H](O[C@@H]2O[C@H](CO)[C@@H](O[C@H]3O[C@@H](CN)[C@@H](O)[C@H](O)[C@H]3N)[C@H]2O)[C@@H]1O[C@H]1O[C@H](CN)C[C@@H](O)[C@H]1N. The molecule has 3 aliphatic heterocycles. The van der Waals surface area contributed by atoms with E-state index in [0.717, 1.165) is 0 Å². The van der Waals surface area contributed by atoms with Crippen LogP contribution in [0.25, 0.3) is 0 Å². The van der Waals surface area contributed by atoms with Gasteiger partial charge in [0.15, 0.2) is 25.0 Å². The van der Waals surface area contributed by atoms with Crippen molar-refractivity contribution in [2.45, 2.75) is 129 Å². The van der Waals surface area contributed by atoms with Crippen molar-refractivity contribution in [3.05, 3.63) is 0 Å². The molecule has 0 radical (unpaired) electrons. The molecule has 284 valence electrons. The molecule has 0 aromatic rings. The Labute approximate surface area is 280 Å². The van der Waals surface area contributed by atoms with E-state index >= 15 is 0 Å². The molecule has 0 unspecified atom stereocenters. The first-order valence-corrected chi connectivity index (χ1v) is 16.0. The van der Waals surface area contributed by atoms with Gasteiger partial charge in [-0.15, -0.1) is 0 Å². The standard InChI is InChI=1S/C27H51N7O15/c28-3-7-1-10(36)14(32)25(44-7)47-21-8(31)2-9(34-24(43)17(39)11(37)4-29)16(38)23(21)49-27-20(42)22(13(6-35)46-27)48-26-15(33)19(41)18(40)12(5-30)45-26/h7,9-23,25-27,31,35-42H,1-6,28-30,32-33H2,(H,34,43)/t7-,9+,10+,11+,12-,13+,14+,15+,16-,17-,18+,19+,20+,21+,22+,23+,25+,26+,27-/m0/s1. The van der Waals surface area contributed by atoms with Gasteiger partial charge in [0, 0.05) is 38.2 Å². The van der Waals surface area contributed by atoms with Crippen molar-refractivity contribution >= 4 is 11.6 Å². The van der Waals surface area contributed by atoms with Gasteiger partial charge < -0.3 is 109 Å². The minimum absolute atomic E-state index is 0.00180. The number of hydrogen-bond acceptors (Lipinski definition) is 21. The molecule has 0 aromatic heterocycles. The molecule has 0 bridgehead atoms. The summed E-state index contributed by atoms with van der Waals surface area (Å²) in [5.41, 5.74) is 28.5. The monoisotopic (exact) mass is 713 g/mol. The number of rotatable bonds is 13. The summed E-state index contributed by atoms with van der Waals surface area (Å²) in [5, 5.41) is 94.9. The lowest BCUT2D eigenvalue weighted by Crippen LogP contribution is -2.65. The molecule has 1 amide bonds. The van der Waals surface area contributed by atoms with E-state index in [-0.39, 0.29) is 31.6 Å². The van der Waals surface area contributed by atoms with Gasteiger partial charge in [0.05, 0.1) is 36.9 Å². The maximum Gasteiger partial charge on any atom is 0.251 e. The molecule has 4 aliphatic rings. The number of nitrogens with one attached hydrogen (secondary N) is 2. The lowest BCUT2D eigenvalue weighted by atomic mass is 9.85. The fraction of sp³-hybridized carbons (Fsp3) is 0.926. The molecule has 0 spiro atoms. The highest BCUT2D eigenvalue weighted by molar-refractivity contribution is 5.89. The Hall–Kier alpha value is -1.62. The summed E-state index contributed by atoms with van der Waals surface area (Å²) in [5.74, 6) is -1.11. The first-order valence-electron chi connectivity index (χ1n) is 16.0. The van der Waals surface area contributed by atoms with Crippen LogP contribution in [0.5, 0.6) is 0 Å². The van der Waals surface area contributed by atoms with Crippen molar-refractivity contribution in [2.75, 3.05) is 26.2 Å². The van der Waals surface area contributed by atoms with Gasteiger partial charge in [-0.3, -0.25) is 4.79 Å². The Morgan fingerprint density at radius 3 is 2.08 bits per heavy atom. The van der Waals surface area contributed by atoms with Crippen molar-refractivity contribution in [3.63, 3.8) is 0 Å². The fourth-order valence-corrected chi connectivity index (χ4v) is 6.17. The number of ether oxygens (including phenoxy) is 6. The van der Waals surface area contributed by atoms with Crippen LogP contribution in [-0.4, -0.2) is 195 Å². The minimum atomic E-state index is -1.97. The van der Waals surface area contributed by atoms with E-state index in [1.54, 1.807) is 0 Å². The maximum atomic E-state index is 12.7. The highest BCUT2D eigenvalue weighted by atomic mass is 16.8. The number of aliphatic hydroxyl groups excluding tert-OH is 8. The van der Waals surface area contributed by atoms with E-state index in [1.807, 2.05) is 0 Å². The van der Waals surface area contributed by atoms with E-state index in [2.05, 4.69) is 5.32 Å². The van der Waals surface area contributed by atoms with Gasteiger partial charge in [-0.2, -0.15) is 0 Å². The van der Waals surface area contributed by atoms with E-state index in [9.17, 15) is 45.6 Å². The zero-order valence-corrected chi connectivity index (χ0v) is 26.5. The Morgan fingerprint density at radius 2 is 1.47 bits per heavy atom. The second kappa shape index (κ2) is 17.3. The Morgan fingerprint density at radius 1 is 0.837 bits per heavy atom. The van der Waals surface area contributed by atoms with Crippen molar-refractivity contribution in [1.29, 1.82) is 5.41 Å². The molecule has 3 heterocycles. The first kappa shape index (κ1) is 40.2. The van der Waals surface area contributed by atoms with Crippen LogP contribution in [0, 0.1) is 5.41 Å². The molecule has 22 heteroatoms. The van der Waals surface area contributed by atoms with Gasteiger partial charge in [-0.25, -0.2) is 0 Å². The third kappa shape index (κ3) is 8.72. The second-order valence-corrected chi connectivity index (χ2v) is 12.6. The summed E-state index contributed by atoms with van der Waals surface area (Å²) in [6.45, 7) is -1.40. The summed E-state index contributed by atoms with van der Waals surface area (Å²) in [6, 6.07) is -3.75. The lowest BCUT2D eigenvalue weighted by Gasteiger charge is -2.45. The normalized spacial score (nSPS) is 46.0. The largest absolute Gasteiger partial charge is 0.394 e. The molecule has 22 nitrogen and oxygen atoms in total. The van der Waals surface area contributed by atoms with Gasteiger partial charge in [0.2, 0.25) is 0 Å². The first-order chi connectivity index (χ1) is 23.2. The predicted molar refractivity (Wildman–Crippen MR) is 162 cm³/mol. The van der Waals surface area contributed by atoms with Crippen LogP contribution in [-0.2, 0) is 33.2 Å². The molecule has 19 atom stereocenters. The van der Waals surface area contributed by atoms with Crippen molar-refractivity contribution < 1.29 is 74.1 Å². The summed E-state index contributed by atoms with van der Waals surface area (Å²) in [6.07, 6.45) is -23.5. The highest BCUT2D eigenvalue weighted by Crippen LogP contribution is 2.34. The number of nitrogens with two attached hydrogens (primary N) is 5. The van der Waals surface area contributed by atoms with Crippen LogP contribution < -0.4 is 34.0 Å². The molecular weight excluding hydrogens is 662 g/mol. The van der Waals surface area contributed by atoms with Crippen LogP contribution >= 0.6 is 0 Å². The van der Waals surface area contributed by atoms with Crippen LogP contribution in [0.1, 0.15) is 12.8 Å². The zero-order valence-electron chi connectivity index (χ0n) is 26.5. The molecule has 20 N–H and O–H groups in total. The average Bonchev–Trinajstić information content (AvgIpc) is 3.38. The molecule has 1 saturated carbocycles. The summed E-state index contributed by atoms with van der Waals surface area (Å²) in [4.78, 5) is 12.7. The Kier molecular flexibility index (Phi) is 14.1. The third-order valence-electron chi connectivity index (χ3n) is 9.20. The van der Waals surface area contributed by atoms with Crippen molar-refractivity contribution in [1.82, 2.24) is 5.32 Å². The van der Waals surface area contributed by atoms with Crippen LogP contribution in [0.15, 0.2) is 0 Å². The number of aliphatic hydroxyl groups is 8. The Bertz CT molecular complexity index is 1100. The van der Waals surface area contributed by atoms with Crippen molar-refractivity contribution in [2.24, 2.45) is 28.7 Å². The topological polar surface area (TPSA) is 400 Å². The van der Waals surface area contributed by atoms with E-state index < -0.39 is 135 Å². The minimum Gasteiger partial charge on any atom is -0.394 e. The molecule has 4 fully saturated rings. The van der Waals surface area contributed by atoms with Crippen LogP contribution in [0.2, 0.25) is 0 Å². The number of hydrogen-bond donors (Lipinski definition) is 15. The average molecular weight is 714 g/mol. The van der Waals surface area contributed by atoms with Gasteiger partial charge >= 0.3 is 0 Å². The molecule has 0 aromatic carbocycles. The van der Waals surface area contributed by atoms with Crippen LogP contribution in [0.4, 0.5) is 0 Å². The molecular formula is C27H51N7O15. The second-order valence-electron chi connectivity index (χ2n) is 12.6. The Balaban J connectivity index is 1.57. The predicted octanol–water partition coefficient (Wildman–Crippen LogP) is -9.34. The smallest absolute Gasteiger partial charge is 0.251 e.